The lowest BCUT2D eigenvalue weighted by Crippen LogP contribution is -2.42. The van der Waals surface area contributed by atoms with Gasteiger partial charge in [-0.2, -0.15) is 0 Å². The second-order valence-electron chi connectivity index (χ2n) is 7.17. The molecule has 1 saturated carbocycles. The Morgan fingerprint density at radius 2 is 1.84 bits per heavy atom. The van der Waals surface area contributed by atoms with Gasteiger partial charge in [-0.25, -0.2) is 4.79 Å². The van der Waals surface area contributed by atoms with E-state index in [1.807, 2.05) is 18.2 Å². The fraction of sp³-hybridized carbons (Fsp3) is 0.381. The third-order valence-electron chi connectivity index (χ3n) is 5.47. The molecule has 1 aliphatic carbocycles. The second kappa shape index (κ2) is 6.52. The number of para-hydroxylation sites is 1. The molecule has 1 unspecified atom stereocenters. The number of rotatable bonds is 4. The van der Waals surface area contributed by atoms with Crippen LogP contribution in [-0.4, -0.2) is 16.7 Å². The Labute approximate surface area is 147 Å². The normalized spacial score (nSPS) is 20.9. The highest BCUT2D eigenvalue weighted by Crippen LogP contribution is 2.47. The Bertz CT molecular complexity index is 763. The molecule has 4 heteroatoms. The monoisotopic (exact) mass is 337 g/mol. The minimum atomic E-state index is -0.888. The summed E-state index contributed by atoms with van der Waals surface area (Å²) in [5, 5.41) is 12.7. The van der Waals surface area contributed by atoms with Crippen LogP contribution in [0.15, 0.2) is 48.5 Å². The van der Waals surface area contributed by atoms with Gasteiger partial charge < -0.3 is 15.2 Å². The third kappa shape index (κ3) is 3.27. The number of aromatic carboxylic acids is 1. The van der Waals surface area contributed by atoms with Crippen LogP contribution >= 0.6 is 0 Å². The van der Waals surface area contributed by atoms with Crippen LogP contribution in [0.2, 0.25) is 0 Å². The van der Waals surface area contributed by atoms with E-state index in [0.717, 1.165) is 37.1 Å². The summed E-state index contributed by atoms with van der Waals surface area (Å²) in [6.07, 6.45) is 5.74. The van der Waals surface area contributed by atoms with Gasteiger partial charge in [0.15, 0.2) is 0 Å². The Morgan fingerprint density at radius 1 is 1.12 bits per heavy atom. The summed E-state index contributed by atoms with van der Waals surface area (Å²) in [5.41, 5.74) is 2.63. The standard InChI is InChI=1S/C21H23NO3/c23-20(24)16-9-7-15(8-10-16)14-22-18-13-21(11-3-4-12-21)25-19-6-2-1-5-17(18)19/h1-2,5-10,18,22H,3-4,11-14H2,(H,23,24). The maximum absolute atomic E-state index is 11.0. The van der Waals surface area contributed by atoms with Gasteiger partial charge in [0, 0.05) is 24.6 Å². The van der Waals surface area contributed by atoms with Gasteiger partial charge in [-0.15, -0.1) is 0 Å². The first kappa shape index (κ1) is 16.2. The van der Waals surface area contributed by atoms with Gasteiger partial charge in [-0.3, -0.25) is 0 Å². The van der Waals surface area contributed by atoms with Crippen LogP contribution < -0.4 is 10.1 Å². The van der Waals surface area contributed by atoms with Crippen molar-refractivity contribution in [3.8, 4) is 5.75 Å². The van der Waals surface area contributed by atoms with Crippen LogP contribution in [0.25, 0.3) is 0 Å². The van der Waals surface area contributed by atoms with Crippen LogP contribution in [0.4, 0.5) is 0 Å². The van der Waals surface area contributed by atoms with E-state index in [1.54, 1.807) is 12.1 Å². The van der Waals surface area contributed by atoms with E-state index >= 15 is 0 Å². The second-order valence-corrected chi connectivity index (χ2v) is 7.17. The van der Waals surface area contributed by atoms with Crippen molar-refractivity contribution in [1.29, 1.82) is 0 Å². The molecule has 4 nitrogen and oxygen atoms in total. The van der Waals surface area contributed by atoms with Crippen molar-refractivity contribution in [2.75, 3.05) is 0 Å². The molecule has 1 heterocycles. The Hall–Kier alpha value is -2.33. The molecule has 1 spiro atoms. The summed E-state index contributed by atoms with van der Waals surface area (Å²) in [7, 11) is 0. The first-order valence-corrected chi connectivity index (χ1v) is 8.99. The lowest BCUT2D eigenvalue weighted by atomic mass is 9.86. The van der Waals surface area contributed by atoms with Crippen LogP contribution in [0.3, 0.4) is 0 Å². The summed E-state index contributed by atoms with van der Waals surface area (Å²) in [5.74, 6) is 0.121. The van der Waals surface area contributed by atoms with E-state index in [0.29, 0.717) is 5.56 Å². The molecule has 2 aliphatic rings. The first-order chi connectivity index (χ1) is 12.2. The number of benzene rings is 2. The zero-order valence-electron chi connectivity index (χ0n) is 14.2. The van der Waals surface area contributed by atoms with Gasteiger partial charge in [-0.1, -0.05) is 30.3 Å². The maximum Gasteiger partial charge on any atom is 0.335 e. The molecule has 130 valence electrons. The quantitative estimate of drug-likeness (QED) is 0.873. The molecule has 0 aromatic heterocycles. The molecule has 0 amide bonds. The van der Waals surface area contributed by atoms with Crippen molar-refractivity contribution in [1.82, 2.24) is 5.32 Å². The molecular formula is C21H23NO3. The van der Waals surface area contributed by atoms with E-state index in [1.165, 1.54) is 18.4 Å². The smallest absolute Gasteiger partial charge is 0.335 e. The maximum atomic E-state index is 11.0. The molecule has 0 saturated heterocycles. The summed E-state index contributed by atoms with van der Waals surface area (Å²) in [6.45, 7) is 0.717. The van der Waals surface area contributed by atoms with E-state index in [-0.39, 0.29) is 11.6 Å². The summed E-state index contributed by atoms with van der Waals surface area (Å²) >= 11 is 0. The van der Waals surface area contributed by atoms with Gasteiger partial charge in [0.1, 0.15) is 11.4 Å². The van der Waals surface area contributed by atoms with Crippen LogP contribution in [-0.2, 0) is 6.54 Å². The molecule has 2 N–H and O–H groups in total. The average molecular weight is 337 g/mol. The third-order valence-corrected chi connectivity index (χ3v) is 5.47. The number of hydrogen-bond donors (Lipinski definition) is 2. The van der Waals surface area contributed by atoms with Crippen LogP contribution in [0, 0.1) is 0 Å². The number of carbonyl (C=O) groups is 1. The number of fused-ring (bicyclic) bond motifs is 1. The number of carboxylic acids is 1. The number of carboxylic acid groups (broad SMARTS) is 1. The molecule has 4 rings (SSSR count). The highest BCUT2D eigenvalue weighted by atomic mass is 16.5. The van der Waals surface area contributed by atoms with Gasteiger partial charge in [0.2, 0.25) is 0 Å². The van der Waals surface area contributed by atoms with Gasteiger partial charge in [0.25, 0.3) is 0 Å². The fourth-order valence-electron chi connectivity index (χ4n) is 4.13. The van der Waals surface area contributed by atoms with E-state index in [9.17, 15) is 4.79 Å². The molecule has 1 aliphatic heterocycles. The van der Waals surface area contributed by atoms with E-state index in [4.69, 9.17) is 9.84 Å². The predicted octanol–water partition coefficient (Wildman–Crippen LogP) is 4.31. The highest BCUT2D eigenvalue weighted by Gasteiger charge is 2.42. The SMILES string of the molecule is O=C(O)c1ccc(CNC2CC3(CCCC3)Oc3ccccc32)cc1. The zero-order chi connectivity index (χ0) is 17.3. The van der Waals surface area contributed by atoms with Crippen LogP contribution in [0.5, 0.6) is 5.75 Å². The van der Waals surface area contributed by atoms with Crippen molar-refractivity contribution >= 4 is 5.97 Å². The molecule has 1 fully saturated rings. The molecule has 0 radical (unpaired) electrons. The van der Waals surface area contributed by atoms with Crippen molar-refractivity contribution in [2.45, 2.75) is 50.3 Å². The molecular weight excluding hydrogens is 314 g/mol. The Morgan fingerprint density at radius 3 is 2.56 bits per heavy atom. The van der Waals surface area contributed by atoms with E-state index in [2.05, 4.69) is 23.5 Å². The minimum Gasteiger partial charge on any atom is -0.487 e. The van der Waals surface area contributed by atoms with E-state index < -0.39 is 5.97 Å². The summed E-state index contributed by atoms with van der Waals surface area (Å²) < 4.78 is 6.40. The largest absolute Gasteiger partial charge is 0.487 e. The molecule has 2 aromatic rings. The topological polar surface area (TPSA) is 58.6 Å². The number of nitrogens with one attached hydrogen (secondary N) is 1. The summed E-state index contributed by atoms with van der Waals surface area (Å²) in [6, 6.07) is 15.7. The number of ether oxygens (including phenoxy) is 1. The van der Waals surface area contributed by atoms with Crippen molar-refractivity contribution in [3.05, 3.63) is 65.2 Å². The van der Waals surface area contributed by atoms with Crippen molar-refractivity contribution < 1.29 is 14.6 Å². The molecule has 2 aromatic carbocycles. The average Bonchev–Trinajstić information content (AvgIpc) is 3.07. The lowest BCUT2D eigenvalue weighted by molar-refractivity contribution is 0.0364. The zero-order valence-corrected chi connectivity index (χ0v) is 14.2. The van der Waals surface area contributed by atoms with Gasteiger partial charge >= 0.3 is 5.97 Å². The minimum absolute atomic E-state index is 0.0147. The Kier molecular flexibility index (Phi) is 4.22. The summed E-state index contributed by atoms with van der Waals surface area (Å²) in [4.78, 5) is 11.0. The molecule has 0 bridgehead atoms. The van der Waals surface area contributed by atoms with Gasteiger partial charge in [0.05, 0.1) is 5.56 Å². The Balaban J connectivity index is 1.51. The molecule has 25 heavy (non-hydrogen) atoms. The molecule has 1 atom stereocenters. The number of hydrogen-bond acceptors (Lipinski definition) is 3. The first-order valence-electron chi connectivity index (χ1n) is 8.99. The highest BCUT2D eigenvalue weighted by molar-refractivity contribution is 5.87. The van der Waals surface area contributed by atoms with Crippen molar-refractivity contribution in [2.24, 2.45) is 0 Å². The van der Waals surface area contributed by atoms with Crippen LogP contribution in [0.1, 0.15) is 59.6 Å². The lowest BCUT2D eigenvalue weighted by Gasteiger charge is -2.40. The van der Waals surface area contributed by atoms with Crippen molar-refractivity contribution in [3.63, 3.8) is 0 Å². The fourth-order valence-corrected chi connectivity index (χ4v) is 4.13. The van der Waals surface area contributed by atoms with Gasteiger partial charge in [-0.05, 0) is 49.4 Å². The predicted molar refractivity (Wildman–Crippen MR) is 95.9 cm³/mol.